The zero-order chi connectivity index (χ0) is 22.1. The van der Waals surface area contributed by atoms with Gasteiger partial charge in [0, 0.05) is 24.3 Å². The Bertz CT molecular complexity index is 1090. The Hall–Kier alpha value is -3.16. The number of nitrogens with one attached hydrogen (secondary N) is 1. The average Bonchev–Trinajstić information content (AvgIpc) is 2.99. The smallest absolute Gasteiger partial charge is 0.283 e. The van der Waals surface area contributed by atoms with Crippen molar-refractivity contribution in [3.63, 3.8) is 0 Å². The van der Waals surface area contributed by atoms with Crippen LogP contribution in [0.2, 0.25) is 0 Å². The number of rotatable bonds is 4. The Morgan fingerprint density at radius 2 is 1.65 bits per heavy atom. The maximum Gasteiger partial charge on any atom is 0.283 e. The third kappa shape index (κ3) is 4.06. The van der Waals surface area contributed by atoms with Crippen LogP contribution in [0.5, 0.6) is 0 Å². The number of imide groups is 1. The minimum absolute atomic E-state index is 0.0113. The molecule has 1 N–H and O–H groups in total. The number of morpholine rings is 1. The predicted octanol–water partition coefficient (Wildman–Crippen LogP) is 3.21. The first-order valence-corrected chi connectivity index (χ1v) is 10.3. The second kappa shape index (κ2) is 8.53. The minimum atomic E-state index is -0.573. The van der Waals surface area contributed by atoms with Crippen molar-refractivity contribution in [3.8, 4) is 0 Å². The number of benzene rings is 2. The lowest BCUT2D eigenvalue weighted by Gasteiger charge is -2.26. The van der Waals surface area contributed by atoms with Crippen LogP contribution in [0.1, 0.15) is 21.5 Å². The molecule has 2 aliphatic heterocycles. The van der Waals surface area contributed by atoms with E-state index in [1.807, 2.05) is 19.9 Å². The standard InChI is InChI=1S/C23H22ClN3O4/c1-14-3-8-18(13-15(14)2)27-22(29)19(24)20(23(27)30)25-17-6-4-16(5-7-17)21(28)26-9-11-31-12-10-26/h3-8,13,25H,9-12H2,1-2H3. The normalized spacial score (nSPS) is 16.9. The van der Waals surface area contributed by atoms with Crippen LogP contribution in [0.3, 0.4) is 0 Å². The summed E-state index contributed by atoms with van der Waals surface area (Å²) < 4.78 is 5.28. The van der Waals surface area contributed by atoms with Gasteiger partial charge in [-0.05, 0) is 61.4 Å². The molecule has 0 atom stereocenters. The third-order valence-electron chi connectivity index (χ3n) is 5.48. The molecule has 3 amide bonds. The maximum absolute atomic E-state index is 12.9. The van der Waals surface area contributed by atoms with Crippen LogP contribution < -0.4 is 10.2 Å². The number of carbonyl (C=O) groups excluding carboxylic acids is 3. The number of anilines is 2. The molecule has 2 aliphatic rings. The molecule has 0 aromatic heterocycles. The fourth-order valence-corrected chi connectivity index (χ4v) is 3.71. The SMILES string of the molecule is Cc1ccc(N2C(=O)C(Cl)=C(Nc3ccc(C(=O)N4CCOCC4)cc3)C2=O)cc1C. The molecule has 7 nitrogen and oxygen atoms in total. The highest BCUT2D eigenvalue weighted by molar-refractivity contribution is 6.53. The topological polar surface area (TPSA) is 79.0 Å². The molecular formula is C23H22ClN3O4. The van der Waals surface area contributed by atoms with Crippen LogP contribution in [0.4, 0.5) is 11.4 Å². The molecule has 4 rings (SSSR count). The molecule has 0 saturated carbocycles. The molecule has 31 heavy (non-hydrogen) atoms. The zero-order valence-electron chi connectivity index (χ0n) is 17.3. The fourth-order valence-electron chi connectivity index (χ4n) is 3.50. The summed E-state index contributed by atoms with van der Waals surface area (Å²) in [4.78, 5) is 41.0. The van der Waals surface area contributed by atoms with Crippen molar-refractivity contribution < 1.29 is 19.1 Å². The van der Waals surface area contributed by atoms with Crippen molar-refractivity contribution in [2.24, 2.45) is 0 Å². The van der Waals surface area contributed by atoms with Crippen LogP contribution in [-0.4, -0.2) is 48.9 Å². The van der Waals surface area contributed by atoms with Gasteiger partial charge in [-0.1, -0.05) is 17.7 Å². The molecule has 160 valence electrons. The highest BCUT2D eigenvalue weighted by Gasteiger charge is 2.39. The summed E-state index contributed by atoms with van der Waals surface area (Å²) in [5.74, 6) is -1.16. The minimum Gasteiger partial charge on any atom is -0.378 e. The van der Waals surface area contributed by atoms with Crippen LogP contribution in [0.25, 0.3) is 0 Å². The number of halogens is 1. The van der Waals surface area contributed by atoms with Gasteiger partial charge < -0.3 is 15.0 Å². The van der Waals surface area contributed by atoms with Gasteiger partial charge >= 0.3 is 0 Å². The average molecular weight is 440 g/mol. The van der Waals surface area contributed by atoms with Gasteiger partial charge in [-0.25, -0.2) is 4.90 Å². The van der Waals surface area contributed by atoms with Gasteiger partial charge in [0.15, 0.2) is 0 Å². The second-order valence-electron chi connectivity index (χ2n) is 7.51. The van der Waals surface area contributed by atoms with Crippen LogP contribution in [0.15, 0.2) is 53.2 Å². The quantitative estimate of drug-likeness (QED) is 0.740. The van der Waals surface area contributed by atoms with Crippen molar-refractivity contribution in [2.75, 3.05) is 36.5 Å². The van der Waals surface area contributed by atoms with E-state index in [4.69, 9.17) is 16.3 Å². The number of nitrogens with zero attached hydrogens (tertiary/aromatic N) is 2. The number of aryl methyl sites for hydroxylation is 2. The van der Waals surface area contributed by atoms with Gasteiger partial charge in [-0.2, -0.15) is 0 Å². The molecule has 0 spiro atoms. The molecule has 0 radical (unpaired) electrons. The van der Waals surface area contributed by atoms with Crippen LogP contribution in [0, 0.1) is 13.8 Å². The molecule has 8 heteroatoms. The number of hydrogen-bond acceptors (Lipinski definition) is 5. The van der Waals surface area contributed by atoms with Gasteiger partial charge in [0.25, 0.3) is 17.7 Å². The maximum atomic E-state index is 12.9. The Balaban J connectivity index is 1.51. The summed E-state index contributed by atoms with van der Waals surface area (Å²) in [5, 5.41) is 2.76. The molecule has 0 bridgehead atoms. The number of ether oxygens (including phenoxy) is 1. The molecule has 2 aromatic rings. The highest BCUT2D eigenvalue weighted by Crippen LogP contribution is 2.31. The van der Waals surface area contributed by atoms with E-state index in [0.29, 0.717) is 43.2 Å². The molecule has 1 fully saturated rings. The highest BCUT2D eigenvalue weighted by atomic mass is 35.5. The van der Waals surface area contributed by atoms with E-state index in [0.717, 1.165) is 16.0 Å². The number of carbonyl (C=O) groups is 3. The first kappa shape index (κ1) is 21.1. The first-order valence-electron chi connectivity index (χ1n) is 9.96. The Kier molecular flexibility index (Phi) is 5.80. The van der Waals surface area contributed by atoms with Gasteiger partial charge in [0.1, 0.15) is 10.7 Å². The monoisotopic (exact) mass is 439 g/mol. The van der Waals surface area contributed by atoms with E-state index in [2.05, 4.69) is 5.32 Å². The largest absolute Gasteiger partial charge is 0.378 e. The fraction of sp³-hybridized carbons (Fsp3) is 0.261. The molecule has 2 heterocycles. The van der Waals surface area contributed by atoms with E-state index < -0.39 is 11.8 Å². The van der Waals surface area contributed by atoms with E-state index in [9.17, 15) is 14.4 Å². The zero-order valence-corrected chi connectivity index (χ0v) is 18.0. The van der Waals surface area contributed by atoms with Crippen molar-refractivity contribution >= 4 is 40.7 Å². The Labute approximate surface area is 185 Å². The predicted molar refractivity (Wildman–Crippen MR) is 118 cm³/mol. The van der Waals surface area contributed by atoms with Crippen LogP contribution >= 0.6 is 11.6 Å². The molecular weight excluding hydrogens is 418 g/mol. The molecule has 2 aromatic carbocycles. The summed E-state index contributed by atoms with van der Waals surface area (Å²) in [7, 11) is 0. The van der Waals surface area contributed by atoms with Crippen molar-refractivity contribution in [2.45, 2.75) is 13.8 Å². The summed E-state index contributed by atoms with van der Waals surface area (Å²) in [6.07, 6.45) is 0. The summed E-state index contributed by atoms with van der Waals surface area (Å²) >= 11 is 6.20. The number of hydrogen-bond donors (Lipinski definition) is 1. The summed E-state index contributed by atoms with van der Waals surface area (Å²) in [5.41, 5.74) is 3.60. The second-order valence-corrected chi connectivity index (χ2v) is 7.89. The lowest BCUT2D eigenvalue weighted by molar-refractivity contribution is -0.120. The van der Waals surface area contributed by atoms with E-state index >= 15 is 0 Å². The van der Waals surface area contributed by atoms with E-state index in [1.54, 1.807) is 41.3 Å². The number of amides is 3. The van der Waals surface area contributed by atoms with Gasteiger partial charge in [0.2, 0.25) is 0 Å². The third-order valence-corrected chi connectivity index (χ3v) is 5.83. The Morgan fingerprint density at radius 1 is 0.968 bits per heavy atom. The van der Waals surface area contributed by atoms with E-state index in [1.165, 1.54) is 0 Å². The van der Waals surface area contributed by atoms with Crippen molar-refractivity contribution in [1.29, 1.82) is 0 Å². The van der Waals surface area contributed by atoms with Gasteiger partial charge in [-0.15, -0.1) is 0 Å². The van der Waals surface area contributed by atoms with E-state index in [-0.39, 0.29) is 16.6 Å². The lowest BCUT2D eigenvalue weighted by atomic mass is 10.1. The van der Waals surface area contributed by atoms with Gasteiger partial charge in [0.05, 0.1) is 18.9 Å². The summed E-state index contributed by atoms with van der Waals surface area (Å²) in [6, 6.07) is 12.1. The first-order chi connectivity index (χ1) is 14.9. The van der Waals surface area contributed by atoms with Crippen LogP contribution in [-0.2, 0) is 14.3 Å². The lowest BCUT2D eigenvalue weighted by Crippen LogP contribution is -2.40. The van der Waals surface area contributed by atoms with Crippen molar-refractivity contribution in [3.05, 3.63) is 69.9 Å². The Morgan fingerprint density at radius 3 is 2.29 bits per heavy atom. The molecule has 0 aliphatic carbocycles. The molecule has 1 saturated heterocycles. The summed E-state index contributed by atoms with van der Waals surface area (Å²) in [6.45, 7) is 6.06. The van der Waals surface area contributed by atoms with Gasteiger partial charge in [-0.3, -0.25) is 14.4 Å². The molecule has 0 unspecified atom stereocenters. The van der Waals surface area contributed by atoms with Crippen molar-refractivity contribution in [1.82, 2.24) is 4.90 Å².